The highest BCUT2D eigenvalue weighted by Crippen LogP contribution is 2.42. The number of aliphatic hydroxyl groups is 4. The van der Waals surface area contributed by atoms with Crippen molar-refractivity contribution in [3.8, 4) is 0 Å². The molecule has 18 unspecified atom stereocenters. The van der Waals surface area contributed by atoms with Gasteiger partial charge in [-0.1, -0.05) is 39.3 Å². The molecule has 18 atom stereocenters. The predicted octanol–water partition coefficient (Wildman–Crippen LogP) is 5.40. The van der Waals surface area contributed by atoms with Gasteiger partial charge >= 0.3 is 5.97 Å². The molecule has 0 saturated carbocycles. The van der Waals surface area contributed by atoms with Gasteiger partial charge in [0.1, 0.15) is 23.9 Å². The van der Waals surface area contributed by atoms with Crippen molar-refractivity contribution in [2.45, 2.75) is 186 Å². The standard InChI is InChI=1S/C51H83ClN4O13/c1-15-40-51(11,62)44(59)33(7)55(12)27-28(2)24-50(10,64-21-20-57)46(31(5)43(32(6)47(61)67-40)68-42-25-49(9,63-14)45(60)34(8)66-42)69-48-30(4)39(22-29(3)65-48)56(13)41(58)26-54-37-18-19-53-38-23-35(52)16-17-36(37)38/h16-19,23,28-34,39-40,42-46,48,57,59-60,62H,15,20-22,24-27H2,1-14H3,(H,53,54). The molecule has 5 rings (SSSR count). The SMILES string of the molecule is CCC1OC(=O)C(C)C(OC2CC(C)(OC)C(O)C(C)O2)C(C)C(OC2OC(C)CC(N(C)C(=O)CNc3ccnc4cc(Cl)ccc34)C2C)C(C)(OCCO)CC(C)CN(C)C(C)C(O)C1(C)O. The molecule has 1 aromatic heterocycles. The topological polar surface area (TPSA) is 211 Å². The number of rotatable bonds is 13. The van der Waals surface area contributed by atoms with Crippen molar-refractivity contribution in [2.24, 2.45) is 23.7 Å². The Bertz CT molecular complexity index is 2000. The number of nitrogens with one attached hydrogen (secondary N) is 1. The first-order valence-corrected chi connectivity index (χ1v) is 25.1. The number of methoxy groups -OCH3 is 1. The Morgan fingerprint density at radius 3 is 2.35 bits per heavy atom. The summed E-state index contributed by atoms with van der Waals surface area (Å²) in [6, 6.07) is 6.38. The number of hydrogen-bond donors (Lipinski definition) is 5. The van der Waals surface area contributed by atoms with Crippen LogP contribution in [0.15, 0.2) is 30.5 Å². The van der Waals surface area contributed by atoms with Gasteiger partial charge in [0.05, 0.1) is 66.8 Å². The number of carbonyl (C=O) groups is 2. The summed E-state index contributed by atoms with van der Waals surface area (Å²) >= 11 is 6.23. The number of pyridine rings is 1. The fraction of sp³-hybridized carbons (Fsp3) is 0.784. The van der Waals surface area contributed by atoms with Crippen LogP contribution in [0.25, 0.3) is 10.9 Å². The zero-order valence-corrected chi connectivity index (χ0v) is 44.1. The Morgan fingerprint density at radius 2 is 1.70 bits per heavy atom. The smallest absolute Gasteiger partial charge is 0.311 e. The average molecular weight is 996 g/mol. The Balaban J connectivity index is 1.56. The van der Waals surface area contributed by atoms with Crippen LogP contribution in [-0.4, -0.2) is 179 Å². The minimum absolute atomic E-state index is 0.0132. The van der Waals surface area contributed by atoms with Crippen molar-refractivity contribution >= 4 is 40.1 Å². The lowest BCUT2D eigenvalue weighted by Crippen LogP contribution is -2.60. The van der Waals surface area contributed by atoms with Gasteiger partial charge in [-0.2, -0.15) is 0 Å². The normalized spacial score (nSPS) is 40.1. The number of hydrogen-bond acceptors (Lipinski definition) is 16. The molecule has 0 spiro atoms. The van der Waals surface area contributed by atoms with E-state index in [9.17, 15) is 30.0 Å². The molecule has 0 aliphatic carbocycles. The summed E-state index contributed by atoms with van der Waals surface area (Å²) in [5, 5.41) is 49.9. The Kier molecular flexibility index (Phi) is 19.7. The minimum atomic E-state index is -1.83. The van der Waals surface area contributed by atoms with E-state index < -0.39 is 89.9 Å². The fourth-order valence-corrected chi connectivity index (χ4v) is 11.2. The highest BCUT2D eigenvalue weighted by molar-refractivity contribution is 6.31. The summed E-state index contributed by atoms with van der Waals surface area (Å²) in [6.45, 7) is 20.3. The van der Waals surface area contributed by atoms with Crippen molar-refractivity contribution in [3.63, 3.8) is 0 Å². The molecule has 3 aliphatic heterocycles. The van der Waals surface area contributed by atoms with E-state index in [-0.39, 0.29) is 62.5 Å². The van der Waals surface area contributed by atoms with Crippen molar-refractivity contribution in [2.75, 3.05) is 52.8 Å². The van der Waals surface area contributed by atoms with Crippen LogP contribution in [0, 0.1) is 23.7 Å². The molecule has 17 nitrogen and oxygen atoms in total. The third kappa shape index (κ3) is 13.1. The van der Waals surface area contributed by atoms with Gasteiger partial charge in [0.15, 0.2) is 12.6 Å². The highest BCUT2D eigenvalue weighted by atomic mass is 35.5. The zero-order chi connectivity index (χ0) is 51.3. The summed E-state index contributed by atoms with van der Waals surface area (Å²) < 4.78 is 46.0. The number of ether oxygens (including phenoxy) is 7. The van der Waals surface area contributed by atoms with Crippen LogP contribution in [0.4, 0.5) is 5.69 Å². The van der Waals surface area contributed by atoms with Crippen molar-refractivity contribution in [1.29, 1.82) is 0 Å². The number of anilines is 1. The van der Waals surface area contributed by atoms with Gasteiger partial charge in [0, 0.05) is 73.3 Å². The van der Waals surface area contributed by atoms with Crippen molar-refractivity contribution < 1.29 is 63.2 Å². The molecule has 3 aliphatic rings. The second-order valence-corrected chi connectivity index (χ2v) is 21.4. The number of likely N-dealkylation sites (N-methyl/N-ethyl adjacent to an activating group) is 2. The molecule has 3 saturated heterocycles. The molecule has 392 valence electrons. The van der Waals surface area contributed by atoms with Gasteiger partial charge < -0.3 is 68.7 Å². The third-order valence-corrected chi connectivity index (χ3v) is 15.7. The maximum Gasteiger partial charge on any atom is 0.311 e. The number of cyclic esters (lactones) is 1. The summed E-state index contributed by atoms with van der Waals surface area (Å²) in [4.78, 5) is 36.9. The van der Waals surface area contributed by atoms with Gasteiger partial charge in [0.2, 0.25) is 5.91 Å². The number of benzene rings is 1. The lowest BCUT2D eigenvalue weighted by Gasteiger charge is -2.50. The summed E-state index contributed by atoms with van der Waals surface area (Å²) in [7, 11) is 5.18. The first-order chi connectivity index (χ1) is 32.3. The molecule has 3 fully saturated rings. The van der Waals surface area contributed by atoms with E-state index in [0.29, 0.717) is 29.9 Å². The number of aromatic nitrogens is 1. The number of halogens is 1. The van der Waals surface area contributed by atoms with E-state index in [1.54, 1.807) is 58.0 Å². The maximum atomic E-state index is 14.6. The van der Waals surface area contributed by atoms with E-state index in [2.05, 4.69) is 17.2 Å². The molecule has 4 heterocycles. The van der Waals surface area contributed by atoms with E-state index in [4.69, 9.17) is 44.8 Å². The Labute approximate surface area is 414 Å². The Hall–Kier alpha value is -2.78. The van der Waals surface area contributed by atoms with Crippen LogP contribution in [-0.2, 0) is 42.7 Å². The molecule has 18 heteroatoms. The molecule has 5 N–H and O–H groups in total. The molecule has 69 heavy (non-hydrogen) atoms. The van der Waals surface area contributed by atoms with E-state index in [1.165, 1.54) is 14.0 Å². The third-order valence-electron chi connectivity index (χ3n) is 15.4. The van der Waals surface area contributed by atoms with Gasteiger partial charge in [0.25, 0.3) is 0 Å². The number of esters is 1. The summed E-state index contributed by atoms with van der Waals surface area (Å²) in [5.41, 5.74) is -2.62. The molecule has 0 bridgehead atoms. The molecule has 1 aromatic carbocycles. The van der Waals surface area contributed by atoms with Gasteiger partial charge in [-0.05, 0) is 105 Å². The van der Waals surface area contributed by atoms with Crippen LogP contribution in [0.3, 0.4) is 0 Å². The fourth-order valence-electron chi connectivity index (χ4n) is 11.0. The lowest BCUT2D eigenvalue weighted by molar-refractivity contribution is -0.315. The second-order valence-electron chi connectivity index (χ2n) is 21.0. The van der Waals surface area contributed by atoms with Crippen LogP contribution < -0.4 is 5.32 Å². The first kappa shape index (κ1) is 57.1. The van der Waals surface area contributed by atoms with Crippen molar-refractivity contribution in [1.82, 2.24) is 14.8 Å². The second kappa shape index (κ2) is 23.8. The summed E-state index contributed by atoms with van der Waals surface area (Å²) in [5.74, 6) is -3.06. The first-order valence-electron chi connectivity index (χ1n) is 24.8. The molecular formula is C51H83ClN4O13. The van der Waals surface area contributed by atoms with Crippen LogP contribution in [0.5, 0.6) is 0 Å². The van der Waals surface area contributed by atoms with E-state index >= 15 is 0 Å². The van der Waals surface area contributed by atoms with Gasteiger partial charge in [-0.3, -0.25) is 14.6 Å². The quantitative estimate of drug-likeness (QED) is 0.159. The average Bonchev–Trinajstić information content (AvgIpc) is 3.30. The highest BCUT2D eigenvalue weighted by Gasteiger charge is 2.53. The van der Waals surface area contributed by atoms with Gasteiger partial charge in [-0.15, -0.1) is 0 Å². The Morgan fingerprint density at radius 1 is 1.00 bits per heavy atom. The van der Waals surface area contributed by atoms with Crippen molar-refractivity contribution in [3.05, 3.63) is 35.5 Å². The molecular weight excluding hydrogens is 912 g/mol. The lowest BCUT2D eigenvalue weighted by atomic mass is 9.77. The molecule has 2 aromatic rings. The molecule has 0 radical (unpaired) electrons. The largest absolute Gasteiger partial charge is 0.459 e. The number of amides is 1. The predicted molar refractivity (Wildman–Crippen MR) is 262 cm³/mol. The van der Waals surface area contributed by atoms with E-state index in [1.807, 2.05) is 58.7 Å². The number of carbonyl (C=O) groups excluding carboxylic acids is 2. The molecule has 1 amide bonds. The summed E-state index contributed by atoms with van der Waals surface area (Å²) in [6.07, 6.45) is -5.30. The maximum absolute atomic E-state index is 14.6. The number of aliphatic hydroxyl groups excluding tert-OH is 3. The zero-order valence-electron chi connectivity index (χ0n) is 43.4. The van der Waals surface area contributed by atoms with Crippen LogP contribution in [0.2, 0.25) is 5.02 Å². The monoisotopic (exact) mass is 995 g/mol. The van der Waals surface area contributed by atoms with Crippen LogP contribution in [0.1, 0.15) is 102 Å². The van der Waals surface area contributed by atoms with Crippen LogP contribution >= 0.6 is 11.6 Å². The number of fused-ring (bicyclic) bond motifs is 1. The van der Waals surface area contributed by atoms with E-state index in [0.717, 1.165) is 11.1 Å². The number of nitrogens with zero attached hydrogens (tertiary/aromatic N) is 3. The minimum Gasteiger partial charge on any atom is -0.459 e. The van der Waals surface area contributed by atoms with Gasteiger partial charge in [-0.25, -0.2) is 0 Å².